The van der Waals surface area contributed by atoms with Gasteiger partial charge in [0.15, 0.2) is 16.7 Å². The molecule has 1 fully saturated rings. The Kier molecular flexibility index (Phi) is 6.05. The lowest BCUT2D eigenvalue weighted by atomic mass is 10.1. The van der Waals surface area contributed by atoms with E-state index in [1.165, 1.54) is 31.0 Å². The Balaban J connectivity index is 1.41. The van der Waals surface area contributed by atoms with Crippen LogP contribution >= 0.6 is 11.8 Å². The summed E-state index contributed by atoms with van der Waals surface area (Å²) in [5.74, 6) is -0.0327. The highest BCUT2D eigenvalue weighted by Crippen LogP contribution is 2.34. The van der Waals surface area contributed by atoms with Gasteiger partial charge in [-0.05, 0) is 53.7 Å². The van der Waals surface area contributed by atoms with Gasteiger partial charge in [-0.1, -0.05) is 12.1 Å². The third kappa shape index (κ3) is 4.69. The number of rotatable bonds is 3. The zero-order valence-corrected chi connectivity index (χ0v) is 17.9. The number of aliphatic imine (C=N–C) groups is 1. The Morgan fingerprint density at radius 1 is 1.09 bits per heavy atom. The molecule has 1 saturated heterocycles. The predicted molar refractivity (Wildman–Crippen MR) is 118 cm³/mol. The Labute approximate surface area is 187 Å². The van der Waals surface area contributed by atoms with Crippen molar-refractivity contribution < 1.29 is 27.8 Å². The van der Waals surface area contributed by atoms with E-state index in [9.17, 15) is 23.1 Å². The number of anilines is 1. The number of amidine groups is 1. The molecule has 0 aliphatic carbocycles. The number of thioether (sulfide) groups is 1. The fourth-order valence-corrected chi connectivity index (χ4v) is 4.47. The molecule has 2 aromatic rings. The van der Waals surface area contributed by atoms with Crippen LogP contribution in [0.3, 0.4) is 0 Å². The van der Waals surface area contributed by atoms with Crippen molar-refractivity contribution in [1.29, 1.82) is 0 Å². The summed E-state index contributed by atoms with van der Waals surface area (Å²) in [5.41, 5.74) is 0.555. The fourth-order valence-electron chi connectivity index (χ4n) is 3.50. The molecular weight excluding hydrogens is 443 g/mol. The summed E-state index contributed by atoms with van der Waals surface area (Å²) in [5, 5.41) is 10.3. The minimum absolute atomic E-state index is 0.00984. The molecule has 0 spiro atoms. The number of aromatic hydroxyl groups is 1. The van der Waals surface area contributed by atoms with Gasteiger partial charge in [-0.2, -0.15) is 18.2 Å². The summed E-state index contributed by atoms with van der Waals surface area (Å²) >= 11 is 1.26. The highest BCUT2D eigenvalue weighted by Gasteiger charge is 2.32. The molecule has 0 atom stereocenters. The summed E-state index contributed by atoms with van der Waals surface area (Å²) in [4.78, 5) is 20.8. The molecule has 4 rings (SSSR count). The molecule has 0 bridgehead atoms. The number of carbonyl (C=O) groups is 1. The molecule has 32 heavy (non-hydrogen) atoms. The van der Waals surface area contributed by atoms with Crippen LogP contribution in [0, 0.1) is 0 Å². The first-order chi connectivity index (χ1) is 15.2. The van der Waals surface area contributed by atoms with Crippen molar-refractivity contribution >= 4 is 34.6 Å². The van der Waals surface area contributed by atoms with E-state index in [-0.39, 0.29) is 11.7 Å². The Bertz CT molecular complexity index is 1090. The SMILES string of the molecule is COc1cc(/C=C2\SC(N3CCN(c4cccc(C(F)(F)F)c4)CC3)=NC2=O)ccc1O. The first-order valence-electron chi connectivity index (χ1n) is 9.81. The number of ether oxygens (including phenoxy) is 1. The summed E-state index contributed by atoms with van der Waals surface area (Å²) in [6, 6.07) is 10.1. The van der Waals surface area contributed by atoms with E-state index in [0.717, 1.165) is 12.1 Å². The lowest BCUT2D eigenvalue weighted by molar-refractivity contribution is -0.137. The highest BCUT2D eigenvalue weighted by molar-refractivity contribution is 8.18. The van der Waals surface area contributed by atoms with Crippen molar-refractivity contribution in [2.75, 3.05) is 38.2 Å². The molecule has 1 N–H and O–H groups in total. The summed E-state index contributed by atoms with van der Waals surface area (Å²) in [6.07, 6.45) is -2.69. The molecule has 0 saturated carbocycles. The second kappa shape index (κ2) is 8.78. The van der Waals surface area contributed by atoms with Crippen LogP contribution in [0.5, 0.6) is 11.5 Å². The van der Waals surface area contributed by atoms with Crippen molar-refractivity contribution in [2.24, 2.45) is 4.99 Å². The van der Waals surface area contributed by atoms with Crippen LogP contribution in [0.4, 0.5) is 18.9 Å². The van der Waals surface area contributed by atoms with Gasteiger partial charge in [-0.15, -0.1) is 0 Å². The summed E-state index contributed by atoms with van der Waals surface area (Å²) < 4.78 is 44.1. The fraction of sp³-hybridized carbons (Fsp3) is 0.273. The number of amides is 1. The van der Waals surface area contributed by atoms with Crippen molar-refractivity contribution in [2.45, 2.75) is 6.18 Å². The van der Waals surface area contributed by atoms with E-state index in [1.54, 1.807) is 24.3 Å². The Morgan fingerprint density at radius 2 is 1.81 bits per heavy atom. The number of halogens is 3. The van der Waals surface area contributed by atoms with E-state index in [0.29, 0.717) is 53.3 Å². The largest absolute Gasteiger partial charge is 0.504 e. The third-order valence-corrected chi connectivity index (χ3v) is 6.24. The molecule has 0 aromatic heterocycles. The maximum Gasteiger partial charge on any atom is 0.416 e. The van der Waals surface area contributed by atoms with Crippen LogP contribution in [-0.4, -0.2) is 54.4 Å². The molecule has 2 aliphatic rings. The van der Waals surface area contributed by atoms with Gasteiger partial charge in [-0.3, -0.25) is 4.79 Å². The standard InChI is InChI=1S/C22H20F3N3O3S/c1-31-18-11-14(5-6-17(18)29)12-19-20(30)26-21(32-19)28-9-7-27(8-10-28)16-4-2-3-15(13-16)22(23,24)25/h2-6,11-13,29H,7-10H2,1H3/b19-12-. The molecule has 0 radical (unpaired) electrons. The van der Waals surface area contributed by atoms with Gasteiger partial charge in [0, 0.05) is 31.9 Å². The Hall–Kier alpha value is -3.14. The van der Waals surface area contributed by atoms with Crippen LogP contribution < -0.4 is 9.64 Å². The number of phenolic OH excluding ortho intramolecular Hbond substituents is 1. The number of methoxy groups -OCH3 is 1. The van der Waals surface area contributed by atoms with Gasteiger partial charge >= 0.3 is 6.18 Å². The van der Waals surface area contributed by atoms with E-state index in [2.05, 4.69) is 4.99 Å². The monoisotopic (exact) mass is 463 g/mol. The quantitative estimate of drug-likeness (QED) is 0.688. The molecule has 6 nitrogen and oxygen atoms in total. The smallest absolute Gasteiger partial charge is 0.416 e. The van der Waals surface area contributed by atoms with Gasteiger partial charge in [0.2, 0.25) is 0 Å². The second-order valence-electron chi connectivity index (χ2n) is 7.26. The van der Waals surface area contributed by atoms with Gasteiger partial charge in [0.1, 0.15) is 0 Å². The maximum atomic E-state index is 13.0. The molecule has 0 unspecified atom stereocenters. The van der Waals surface area contributed by atoms with Crippen LogP contribution in [0.25, 0.3) is 6.08 Å². The number of piperazine rings is 1. The second-order valence-corrected chi connectivity index (χ2v) is 8.27. The van der Waals surface area contributed by atoms with E-state index < -0.39 is 11.7 Å². The first kappa shape index (κ1) is 22.1. The highest BCUT2D eigenvalue weighted by atomic mass is 32.2. The summed E-state index contributed by atoms with van der Waals surface area (Å²) in [7, 11) is 1.45. The molecular formula is C22H20F3N3O3S. The lowest BCUT2D eigenvalue weighted by Crippen LogP contribution is -2.47. The molecule has 2 heterocycles. The first-order valence-corrected chi connectivity index (χ1v) is 10.6. The minimum Gasteiger partial charge on any atom is -0.504 e. The maximum absolute atomic E-state index is 13.0. The van der Waals surface area contributed by atoms with Gasteiger partial charge < -0.3 is 19.6 Å². The number of carbonyl (C=O) groups excluding carboxylic acids is 1. The number of hydrogen-bond donors (Lipinski definition) is 1. The van der Waals surface area contributed by atoms with E-state index in [4.69, 9.17) is 4.74 Å². The predicted octanol–water partition coefficient (Wildman–Crippen LogP) is 4.21. The van der Waals surface area contributed by atoms with Crippen LogP contribution in [-0.2, 0) is 11.0 Å². The number of hydrogen-bond acceptors (Lipinski definition) is 6. The average Bonchev–Trinajstić information content (AvgIpc) is 3.15. The number of benzene rings is 2. The van der Waals surface area contributed by atoms with Gasteiger partial charge in [-0.25, -0.2) is 0 Å². The molecule has 1 amide bonds. The molecule has 168 valence electrons. The number of phenols is 1. The Morgan fingerprint density at radius 3 is 2.50 bits per heavy atom. The number of alkyl halides is 3. The van der Waals surface area contributed by atoms with Crippen molar-refractivity contribution in [1.82, 2.24) is 4.90 Å². The zero-order valence-electron chi connectivity index (χ0n) is 17.1. The lowest BCUT2D eigenvalue weighted by Gasteiger charge is -2.36. The topological polar surface area (TPSA) is 65.4 Å². The average molecular weight is 463 g/mol. The molecule has 10 heteroatoms. The van der Waals surface area contributed by atoms with Crippen molar-refractivity contribution in [3.05, 3.63) is 58.5 Å². The van der Waals surface area contributed by atoms with Crippen LogP contribution in [0.15, 0.2) is 52.4 Å². The van der Waals surface area contributed by atoms with Crippen molar-refractivity contribution in [3.63, 3.8) is 0 Å². The minimum atomic E-state index is -4.38. The van der Waals surface area contributed by atoms with Gasteiger partial charge in [0.05, 0.1) is 17.6 Å². The van der Waals surface area contributed by atoms with Crippen LogP contribution in [0.2, 0.25) is 0 Å². The van der Waals surface area contributed by atoms with Crippen molar-refractivity contribution in [3.8, 4) is 11.5 Å². The normalized spacial score (nSPS) is 18.3. The van der Waals surface area contributed by atoms with E-state index in [1.807, 2.05) is 9.80 Å². The molecule has 2 aromatic carbocycles. The van der Waals surface area contributed by atoms with E-state index >= 15 is 0 Å². The summed E-state index contributed by atoms with van der Waals surface area (Å²) in [6.45, 7) is 2.11. The number of nitrogens with zero attached hydrogens (tertiary/aromatic N) is 3. The van der Waals surface area contributed by atoms with Crippen LogP contribution in [0.1, 0.15) is 11.1 Å². The zero-order chi connectivity index (χ0) is 22.9. The van der Waals surface area contributed by atoms with Gasteiger partial charge in [0.25, 0.3) is 5.91 Å². The third-order valence-electron chi connectivity index (χ3n) is 5.20. The molecule has 2 aliphatic heterocycles.